The molecule has 3 aromatic carbocycles. The summed E-state index contributed by atoms with van der Waals surface area (Å²) in [5.41, 5.74) is 4.70. The number of hydrogen-bond donors (Lipinski definition) is 1. The van der Waals surface area contributed by atoms with Crippen LogP contribution in [-0.4, -0.2) is 52.8 Å². The van der Waals surface area contributed by atoms with Gasteiger partial charge in [0.15, 0.2) is 0 Å². The van der Waals surface area contributed by atoms with Gasteiger partial charge in [-0.05, 0) is 62.3 Å². The molecular weight excluding hydrogens is 476 g/mol. The zero-order valence-corrected chi connectivity index (χ0v) is 22.6. The van der Waals surface area contributed by atoms with Gasteiger partial charge in [-0.3, -0.25) is 9.59 Å². The summed E-state index contributed by atoms with van der Waals surface area (Å²) in [6, 6.07) is 22.2. The monoisotopic (exact) mass is 512 g/mol. The second-order valence-electron chi connectivity index (χ2n) is 9.73. The van der Waals surface area contributed by atoms with Gasteiger partial charge in [0.1, 0.15) is 18.1 Å². The molecule has 1 aliphatic heterocycles. The van der Waals surface area contributed by atoms with Gasteiger partial charge in [0.2, 0.25) is 0 Å². The van der Waals surface area contributed by atoms with E-state index in [1.165, 1.54) is 5.56 Å². The highest BCUT2D eigenvalue weighted by molar-refractivity contribution is 6.46. The van der Waals surface area contributed by atoms with Crippen molar-refractivity contribution in [2.45, 2.75) is 40.3 Å². The predicted octanol–water partition coefficient (Wildman–Crippen LogP) is 5.65. The van der Waals surface area contributed by atoms with Crippen LogP contribution in [0.4, 0.5) is 0 Å². The number of likely N-dealkylation sites (tertiary alicyclic amines) is 1. The summed E-state index contributed by atoms with van der Waals surface area (Å²) in [5.74, 6) is -0.767. The number of rotatable bonds is 10. The number of nitrogens with zero attached hydrogens (tertiary/aromatic N) is 2. The van der Waals surface area contributed by atoms with E-state index in [0.717, 1.165) is 29.8 Å². The number of aryl methyl sites for hydroxylation is 2. The summed E-state index contributed by atoms with van der Waals surface area (Å²) in [6.45, 7) is 11.4. The number of aliphatic hydroxyl groups is 1. The number of aliphatic hydroxyl groups excluding tert-OH is 1. The van der Waals surface area contributed by atoms with Gasteiger partial charge in [-0.1, -0.05) is 73.5 Å². The summed E-state index contributed by atoms with van der Waals surface area (Å²) < 4.78 is 5.91. The first-order chi connectivity index (χ1) is 18.3. The molecule has 1 N–H and O–H groups in total. The molecule has 0 unspecified atom stereocenters. The number of hydrogen-bond acceptors (Lipinski definition) is 5. The van der Waals surface area contributed by atoms with Gasteiger partial charge in [0.05, 0.1) is 11.6 Å². The van der Waals surface area contributed by atoms with Gasteiger partial charge < -0.3 is 19.6 Å². The van der Waals surface area contributed by atoms with Crippen LogP contribution in [0.5, 0.6) is 5.75 Å². The molecule has 198 valence electrons. The molecule has 0 saturated carbocycles. The molecule has 1 heterocycles. The Balaban J connectivity index is 1.63. The van der Waals surface area contributed by atoms with E-state index in [-0.39, 0.29) is 11.3 Å². The molecule has 0 spiro atoms. The van der Waals surface area contributed by atoms with Crippen LogP contribution in [0.15, 0.2) is 78.4 Å². The number of likely N-dealkylation sites (N-methyl/N-ethyl adjacent to an activating group) is 1. The minimum atomic E-state index is -0.660. The first kappa shape index (κ1) is 27.1. The van der Waals surface area contributed by atoms with Crippen LogP contribution in [0.25, 0.3) is 5.76 Å². The molecular formula is C32H36N2O4. The third-order valence-electron chi connectivity index (χ3n) is 7.10. The Kier molecular flexibility index (Phi) is 8.64. The van der Waals surface area contributed by atoms with Crippen LogP contribution in [0.3, 0.4) is 0 Å². The number of ether oxygens (including phenoxy) is 1. The molecule has 1 atom stereocenters. The number of ketones is 1. The quantitative estimate of drug-likeness (QED) is 0.216. The Bertz CT molecular complexity index is 1310. The fourth-order valence-electron chi connectivity index (χ4n) is 4.83. The second-order valence-corrected chi connectivity index (χ2v) is 9.73. The molecule has 0 aliphatic carbocycles. The molecule has 1 saturated heterocycles. The van der Waals surface area contributed by atoms with E-state index < -0.39 is 17.7 Å². The third-order valence-corrected chi connectivity index (χ3v) is 7.10. The van der Waals surface area contributed by atoms with E-state index >= 15 is 0 Å². The topological polar surface area (TPSA) is 70.1 Å². The van der Waals surface area contributed by atoms with E-state index in [1.54, 1.807) is 29.2 Å². The first-order valence-electron chi connectivity index (χ1n) is 13.2. The van der Waals surface area contributed by atoms with Crippen molar-refractivity contribution >= 4 is 17.4 Å². The Morgan fingerprint density at radius 2 is 1.61 bits per heavy atom. The van der Waals surface area contributed by atoms with Crippen molar-refractivity contribution in [1.82, 2.24) is 9.80 Å². The first-order valence-corrected chi connectivity index (χ1v) is 13.2. The summed E-state index contributed by atoms with van der Waals surface area (Å²) in [5, 5.41) is 11.3. The molecule has 0 aromatic heterocycles. The van der Waals surface area contributed by atoms with Crippen LogP contribution >= 0.6 is 0 Å². The zero-order valence-electron chi connectivity index (χ0n) is 22.6. The Labute approximate surface area is 225 Å². The maximum atomic E-state index is 13.3. The second kappa shape index (κ2) is 12.1. The SMILES string of the molecule is CCN(CC)CCN1C(=O)C(=O)C(=C(O)c2ccc(OCc3cccc(C)c3)cc2)[C@H]1c1ccc(C)cc1. The maximum absolute atomic E-state index is 13.3. The van der Waals surface area contributed by atoms with Crippen molar-refractivity contribution in [2.75, 3.05) is 26.2 Å². The molecule has 1 fully saturated rings. The summed E-state index contributed by atoms with van der Waals surface area (Å²) >= 11 is 0. The van der Waals surface area contributed by atoms with Crippen molar-refractivity contribution in [3.63, 3.8) is 0 Å². The van der Waals surface area contributed by atoms with Crippen LogP contribution in [0.1, 0.15) is 47.7 Å². The van der Waals surface area contributed by atoms with E-state index in [4.69, 9.17) is 4.74 Å². The number of carbonyl (C=O) groups excluding carboxylic acids is 2. The van der Waals surface area contributed by atoms with Crippen molar-refractivity contribution in [3.8, 4) is 5.75 Å². The fourth-order valence-corrected chi connectivity index (χ4v) is 4.83. The standard InChI is InChI=1S/C32H36N2O4/c1-5-33(6-2)18-19-34-29(25-12-10-22(3)11-13-25)28(31(36)32(34)37)30(35)26-14-16-27(17-15-26)38-21-24-9-7-8-23(4)20-24/h7-17,20,29,35H,5-6,18-19,21H2,1-4H3/t29-/m1/s1. The van der Waals surface area contributed by atoms with Gasteiger partial charge in [0, 0.05) is 18.7 Å². The van der Waals surface area contributed by atoms with E-state index in [2.05, 4.69) is 24.8 Å². The molecule has 1 aliphatic rings. The molecule has 0 radical (unpaired) electrons. The predicted molar refractivity (Wildman–Crippen MR) is 150 cm³/mol. The summed E-state index contributed by atoms with van der Waals surface area (Å²) in [6.07, 6.45) is 0. The highest BCUT2D eigenvalue weighted by Gasteiger charge is 2.45. The Morgan fingerprint density at radius 3 is 2.24 bits per heavy atom. The molecule has 4 rings (SSSR count). The molecule has 3 aromatic rings. The normalized spacial score (nSPS) is 16.9. The van der Waals surface area contributed by atoms with Gasteiger partial charge in [0.25, 0.3) is 11.7 Å². The average Bonchev–Trinajstić information content (AvgIpc) is 3.18. The molecule has 38 heavy (non-hydrogen) atoms. The van der Waals surface area contributed by atoms with E-state index in [1.807, 2.05) is 56.3 Å². The van der Waals surface area contributed by atoms with E-state index in [9.17, 15) is 14.7 Å². The minimum Gasteiger partial charge on any atom is -0.507 e. The van der Waals surface area contributed by atoms with Crippen LogP contribution in [0, 0.1) is 13.8 Å². The van der Waals surface area contributed by atoms with Gasteiger partial charge in [-0.15, -0.1) is 0 Å². The van der Waals surface area contributed by atoms with Gasteiger partial charge >= 0.3 is 0 Å². The van der Waals surface area contributed by atoms with Gasteiger partial charge in [-0.25, -0.2) is 0 Å². The number of Topliss-reactive ketones (excluding diaryl/α,β-unsaturated/α-hetero) is 1. The molecule has 0 bridgehead atoms. The largest absolute Gasteiger partial charge is 0.507 e. The smallest absolute Gasteiger partial charge is 0.295 e. The van der Waals surface area contributed by atoms with Gasteiger partial charge in [-0.2, -0.15) is 0 Å². The lowest BCUT2D eigenvalue weighted by Gasteiger charge is -2.28. The molecule has 6 heteroatoms. The van der Waals surface area contributed by atoms with Crippen LogP contribution in [0.2, 0.25) is 0 Å². The number of amides is 1. The number of benzene rings is 3. The summed E-state index contributed by atoms with van der Waals surface area (Å²) in [7, 11) is 0. The highest BCUT2D eigenvalue weighted by Crippen LogP contribution is 2.39. The van der Waals surface area contributed by atoms with Crippen LogP contribution < -0.4 is 4.74 Å². The lowest BCUT2D eigenvalue weighted by atomic mass is 9.94. The van der Waals surface area contributed by atoms with Crippen molar-refractivity contribution in [2.24, 2.45) is 0 Å². The third kappa shape index (κ3) is 5.97. The fraction of sp³-hybridized carbons (Fsp3) is 0.312. The van der Waals surface area contributed by atoms with Crippen molar-refractivity contribution < 1.29 is 19.4 Å². The zero-order chi connectivity index (χ0) is 27.2. The maximum Gasteiger partial charge on any atom is 0.295 e. The van der Waals surface area contributed by atoms with E-state index in [0.29, 0.717) is 31.0 Å². The lowest BCUT2D eigenvalue weighted by Crippen LogP contribution is -2.38. The Hall–Kier alpha value is -3.90. The molecule has 1 amide bonds. The van der Waals surface area contributed by atoms with Crippen LogP contribution in [-0.2, 0) is 16.2 Å². The minimum absolute atomic E-state index is 0.117. The van der Waals surface area contributed by atoms with Crippen molar-refractivity contribution in [3.05, 3.63) is 106 Å². The van der Waals surface area contributed by atoms with Crippen molar-refractivity contribution in [1.29, 1.82) is 0 Å². The molecule has 6 nitrogen and oxygen atoms in total. The summed E-state index contributed by atoms with van der Waals surface area (Å²) in [4.78, 5) is 30.3. The lowest BCUT2D eigenvalue weighted by molar-refractivity contribution is -0.140. The average molecular weight is 513 g/mol. The Morgan fingerprint density at radius 1 is 0.921 bits per heavy atom. The number of carbonyl (C=O) groups is 2. The highest BCUT2D eigenvalue weighted by atomic mass is 16.5.